The van der Waals surface area contributed by atoms with Crippen LogP contribution in [0.4, 0.5) is 5.69 Å². The Kier molecular flexibility index (Phi) is 4.88. The fourth-order valence-corrected chi connectivity index (χ4v) is 2.46. The Bertz CT molecular complexity index is 273. The Labute approximate surface area is 91.1 Å². The van der Waals surface area contributed by atoms with E-state index in [0.717, 1.165) is 11.6 Å². The minimum Gasteiger partial charge on any atom is -0.399 e. The summed E-state index contributed by atoms with van der Waals surface area (Å²) in [5, 5.41) is 0. The van der Waals surface area contributed by atoms with Crippen molar-refractivity contribution in [2.45, 2.75) is 31.6 Å². The molecule has 0 aliphatic heterocycles. The number of thioether (sulfide) groups is 1. The largest absolute Gasteiger partial charge is 0.399 e. The van der Waals surface area contributed by atoms with Gasteiger partial charge >= 0.3 is 0 Å². The van der Waals surface area contributed by atoms with Gasteiger partial charge in [-0.15, -0.1) is 11.8 Å². The molecular formula is C12H19NS. The van der Waals surface area contributed by atoms with Crippen LogP contribution in [0.5, 0.6) is 0 Å². The highest BCUT2D eigenvalue weighted by atomic mass is 32.2. The van der Waals surface area contributed by atoms with E-state index in [1.165, 1.54) is 23.5 Å². The molecule has 0 saturated carbocycles. The molecule has 0 aromatic heterocycles. The van der Waals surface area contributed by atoms with Crippen LogP contribution in [0.3, 0.4) is 0 Å². The van der Waals surface area contributed by atoms with E-state index in [0.29, 0.717) is 0 Å². The maximum atomic E-state index is 5.71. The first-order chi connectivity index (χ1) is 6.72. The minimum absolute atomic E-state index is 0.798. The zero-order valence-corrected chi connectivity index (χ0v) is 9.81. The number of benzene rings is 1. The summed E-state index contributed by atoms with van der Waals surface area (Å²) in [5.74, 6) is 1.99. The van der Waals surface area contributed by atoms with Crippen molar-refractivity contribution >= 4 is 17.4 Å². The van der Waals surface area contributed by atoms with Crippen molar-refractivity contribution in [3.8, 4) is 0 Å². The molecule has 0 aliphatic rings. The molecule has 0 aliphatic carbocycles. The van der Waals surface area contributed by atoms with Gasteiger partial charge in [-0.05, 0) is 24.1 Å². The van der Waals surface area contributed by atoms with Crippen molar-refractivity contribution in [2.24, 2.45) is 5.92 Å². The van der Waals surface area contributed by atoms with Crippen LogP contribution in [-0.4, -0.2) is 5.75 Å². The van der Waals surface area contributed by atoms with Crippen LogP contribution in [0, 0.1) is 5.92 Å². The van der Waals surface area contributed by atoms with Crippen LogP contribution in [-0.2, 0) is 0 Å². The second-order valence-electron chi connectivity index (χ2n) is 3.78. The highest BCUT2D eigenvalue weighted by Crippen LogP contribution is 2.23. The lowest BCUT2D eigenvalue weighted by molar-refractivity contribution is 0.585. The SMILES string of the molecule is CCCC(C)CSc1cccc(N)c1. The first-order valence-corrected chi connectivity index (χ1v) is 6.19. The van der Waals surface area contributed by atoms with Crippen molar-refractivity contribution < 1.29 is 0 Å². The molecule has 78 valence electrons. The van der Waals surface area contributed by atoms with Crippen LogP contribution < -0.4 is 5.73 Å². The van der Waals surface area contributed by atoms with Gasteiger partial charge in [0.25, 0.3) is 0 Å². The fourth-order valence-electron chi connectivity index (χ4n) is 1.42. The van der Waals surface area contributed by atoms with Crippen LogP contribution >= 0.6 is 11.8 Å². The maximum absolute atomic E-state index is 5.71. The first kappa shape index (κ1) is 11.4. The fraction of sp³-hybridized carbons (Fsp3) is 0.500. The van der Waals surface area contributed by atoms with Crippen molar-refractivity contribution in [1.82, 2.24) is 0 Å². The predicted molar refractivity (Wildman–Crippen MR) is 65.7 cm³/mol. The van der Waals surface area contributed by atoms with Crippen molar-refractivity contribution in [1.29, 1.82) is 0 Å². The molecule has 1 nitrogen and oxygen atoms in total. The average molecular weight is 209 g/mol. The van der Waals surface area contributed by atoms with Gasteiger partial charge in [-0.3, -0.25) is 0 Å². The Morgan fingerprint density at radius 2 is 2.21 bits per heavy atom. The summed E-state index contributed by atoms with van der Waals surface area (Å²) >= 11 is 1.90. The maximum Gasteiger partial charge on any atom is 0.0325 e. The van der Waals surface area contributed by atoms with Crippen molar-refractivity contribution in [3.63, 3.8) is 0 Å². The van der Waals surface area contributed by atoms with Crippen molar-refractivity contribution in [3.05, 3.63) is 24.3 Å². The van der Waals surface area contributed by atoms with E-state index in [-0.39, 0.29) is 0 Å². The van der Waals surface area contributed by atoms with Gasteiger partial charge in [0.05, 0.1) is 0 Å². The lowest BCUT2D eigenvalue weighted by Crippen LogP contribution is -1.97. The van der Waals surface area contributed by atoms with Gasteiger partial charge in [0.15, 0.2) is 0 Å². The Morgan fingerprint density at radius 1 is 1.43 bits per heavy atom. The molecule has 0 spiro atoms. The van der Waals surface area contributed by atoms with Gasteiger partial charge in [-0.25, -0.2) is 0 Å². The summed E-state index contributed by atoms with van der Waals surface area (Å²) in [5.41, 5.74) is 6.57. The minimum atomic E-state index is 0.798. The molecule has 0 bridgehead atoms. The van der Waals surface area contributed by atoms with Gasteiger partial charge in [-0.1, -0.05) is 32.8 Å². The van der Waals surface area contributed by atoms with E-state index >= 15 is 0 Å². The van der Waals surface area contributed by atoms with E-state index < -0.39 is 0 Å². The number of anilines is 1. The molecule has 1 aromatic rings. The van der Waals surface area contributed by atoms with E-state index in [4.69, 9.17) is 5.73 Å². The third-order valence-electron chi connectivity index (χ3n) is 2.17. The highest BCUT2D eigenvalue weighted by Gasteiger charge is 2.01. The van der Waals surface area contributed by atoms with E-state index in [1.807, 2.05) is 30.0 Å². The average Bonchev–Trinajstić information content (AvgIpc) is 2.15. The third kappa shape index (κ3) is 4.05. The summed E-state index contributed by atoms with van der Waals surface area (Å²) < 4.78 is 0. The summed E-state index contributed by atoms with van der Waals surface area (Å²) in [7, 11) is 0. The van der Waals surface area contributed by atoms with Gasteiger partial charge in [0, 0.05) is 16.3 Å². The summed E-state index contributed by atoms with van der Waals surface area (Å²) in [6.45, 7) is 4.55. The zero-order valence-electron chi connectivity index (χ0n) is 8.99. The topological polar surface area (TPSA) is 26.0 Å². The van der Waals surface area contributed by atoms with Gasteiger partial charge < -0.3 is 5.73 Å². The van der Waals surface area contributed by atoms with Crippen LogP contribution in [0.15, 0.2) is 29.2 Å². The lowest BCUT2D eigenvalue weighted by atomic mass is 10.1. The molecule has 0 heterocycles. The zero-order chi connectivity index (χ0) is 10.4. The number of nitrogen functional groups attached to an aromatic ring is 1. The second kappa shape index (κ2) is 5.97. The Morgan fingerprint density at radius 3 is 2.86 bits per heavy atom. The molecule has 1 aromatic carbocycles. The number of rotatable bonds is 5. The van der Waals surface area contributed by atoms with Crippen LogP contribution in [0.2, 0.25) is 0 Å². The van der Waals surface area contributed by atoms with Crippen molar-refractivity contribution in [2.75, 3.05) is 11.5 Å². The number of nitrogens with two attached hydrogens (primary N) is 1. The van der Waals surface area contributed by atoms with Gasteiger partial charge in [0.1, 0.15) is 0 Å². The summed E-state index contributed by atoms with van der Waals surface area (Å²) in [4.78, 5) is 1.29. The number of hydrogen-bond donors (Lipinski definition) is 1. The first-order valence-electron chi connectivity index (χ1n) is 5.20. The molecule has 1 atom stereocenters. The molecular weight excluding hydrogens is 190 g/mol. The summed E-state index contributed by atoms with van der Waals surface area (Å²) in [6.07, 6.45) is 2.59. The Balaban J connectivity index is 2.37. The molecule has 0 fully saturated rings. The molecule has 0 amide bonds. The quantitative estimate of drug-likeness (QED) is 0.589. The normalized spacial score (nSPS) is 12.7. The molecule has 0 radical (unpaired) electrons. The smallest absolute Gasteiger partial charge is 0.0325 e. The molecule has 0 saturated heterocycles. The highest BCUT2D eigenvalue weighted by molar-refractivity contribution is 7.99. The molecule has 2 N–H and O–H groups in total. The number of hydrogen-bond acceptors (Lipinski definition) is 2. The van der Waals surface area contributed by atoms with Crippen LogP contribution in [0.25, 0.3) is 0 Å². The Hall–Kier alpha value is -0.630. The van der Waals surface area contributed by atoms with E-state index in [9.17, 15) is 0 Å². The third-order valence-corrected chi connectivity index (χ3v) is 3.50. The molecule has 2 heteroatoms. The van der Waals surface area contributed by atoms with Crippen LogP contribution in [0.1, 0.15) is 26.7 Å². The van der Waals surface area contributed by atoms with Gasteiger partial charge in [0.2, 0.25) is 0 Å². The monoisotopic (exact) mass is 209 g/mol. The van der Waals surface area contributed by atoms with Gasteiger partial charge in [-0.2, -0.15) is 0 Å². The standard InChI is InChI=1S/C12H19NS/c1-3-5-10(2)9-14-12-7-4-6-11(13)8-12/h4,6-8,10H,3,5,9,13H2,1-2H3. The molecule has 1 unspecified atom stereocenters. The van der Waals surface area contributed by atoms with E-state index in [2.05, 4.69) is 19.9 Å². The molecule has 14 heavy (non-hydrogen) atoms. The predicted octanol–water partition coefficient (Wildman–Crippen LogP) is 3.80. The lowest BCUT2D eigenvalue weighted by Gasteiger charge is -2.09. The second-order valence-corrected chi connectivity index (χ2v) is 4.87. The summed E-state index contributed by atoms with van der Waals surface area (Å²) in [6, 6.07) is 8.12. The molecule has 1 rings (SSSR count). The van der Waals surface area contributed by atoms with E-state index in [1.54, 1.807) is 0 Å².